The van der Waals surface area contributed by atoms with Gasteiger partial charge >= 0.3 is 0 Å². The zero-order valence-corrected chi connectivity index (χ0v) is 13.3. The third-order valence-corrected chi connectivity index (χ3v) is 4.67. The van der Waals surface area contributed by atoms with Crippen molar-refractivity contribution in [1.29, 1.82) is 0 Å². The molecule has 0 saturated heterocycles. The van der Waals surface area contributed by atoms with E-state index in [4.69, 9.17) is 4.42 Å². The molecule has 1 aliphatic heterocycles. The van der Waals surface area contributed by atoms with Gasteiger partial charge in [0.05, 0.1) is 5.39 Å². The first-order valence-corrected chi connectivity index (χ1v) is 8.13. The zero-order valence-electron chi connectivity index (χ0n) is 12.5. The van der Waals surface area contributed by atoms with Crippen LogP contribution in [0, 0.1) is 6.92 Å². The Labute approximate surface area is 137 Å². The molecule has 114 valence electrons. The predicted octanol–water partition coefficient (Wildman–Crippen LogP) is 3.98. The van der Waals surface area contributed by atoms with E-state index in [0.717, 1.165) is 10.7 Å². The second-order valence-corrected chi connectivity index (χ2v) is 6.57. The van der Waals surface area contributed by atoms with Crippen LogP contribution in [0.4, 0.5) is 5.13 Å². The van der Waals surface area contributed by atoms with E-state index >= 15 is 0 Å². The third kappa shape index (κ3) is 2.59. The fraction of sp³-hybridized carbons (Fsp3) is 0.111. The predicted molar refractivity (Wildman–Crippen MR) is 93.8 cm³/mol. The largest absolute Gasteiger partial charge is 0.456 e. The number of allylic oxidation sites excluding steroid dienone is 2. The van der Waals surface area contributed by atoms with Crippen molar-refractivity contribution in [2.75, 3.05) is 11.4 Å². The topological polar surface area (TPSA) is 46.3 Å². The molecule has 0 spiro atoms. The molecule has 0 saturated carbocycles. The molecule has 1 aromatic carbocycles. The van der Waals surface area contributed by atoms with E-state index in [-0.39, 0.29) is 5.43 Å². The number of benzene rings is 1. The van der Waals surface area contributed by atoms with E-state index in [1.165, 1.54) is 4.88 Å². The molecule has 4 nitrogen and oxygen atoms in total. The minimum atomic E-state index is -0.0193. The number of rotatable bonds is 2. The van der Waals surface area contributed by atoms with Crippen molar-refractivity contribution in [2.24, 2.45) is 0 Å². The highest BCUT2D eigenvalue weighted by molar-refractivity contribution is 7.15. The smallest absolute Gasteiger partial charge is 0.193 e. The van der Waals surface area contributed by atoms with Gasteiger partial charge < -0.3 is 9.32 Å². The average molecular weight is 322 g/mol. The summed E-state index contributed by atoms with van der Waals surface area (Å²) in [6.07, 6.45) is 7.84. The molecule has 0 fully saturated rings. The Bertz CT molecular complexity index is 997. The van der Waals surface area contributed by atoms with Gasteiger partial charge in [-0.15, -0.1) is 11.3 Å². The van der Waals surface area contributed by atoms with Crippen LogP contribution in [0.2, 0.25) is 0 Å². The van der Waals surface area contributed by atoms with Crippen molar-refractivity contribution in [3.05, 3.63) is 75.7 Å². The molecule has 0 radical (unpaired) electrons. The fourth-order valence-corrected chi connectivity index (χ4v) is 3.29. The van der Waals surface area contributed by atoms with Crippen molar-refractivity contribution in [3.8, 4) is 0 Å². The van der Waals surface area contributed by atoms with Crippen molar-refractivity contribution >= 4 is 33.0 Å². The van der Waals surface area contributed by atoms with E-state index in [1.807, 2.05) is 49.7 Å². The highest BCUT2D eigenvalue weighted by Gasteiger charge is 2.13. The maximum atomic E-state index is 12.2. The van der Waals surface area contributed by atoms with Gasteiger partial charge in [0.2, 0.25) is 0 Å². The lowest BCUT2D eigenvalue weighted by Crippen LogP contribution is -2.18. The van der Waals surface area contributed by atoms with Crippen LogP contribution in [0.25, 0.3) is 16.5 Å². The Morgan fingerprint density at radius 3 is 2.91 bits per heavy atom. The Morgan fingerprint density at radius 1 is 1.30 bits per heavy atom. The van der Waals surface area contributed by atoms with Crippen LogP contribution in [0.1, 0.15) is 10.6 Å². The Morgan fingerprint density at radius 2 is 2.17 bits per heavy atom. The molecular weight excluding hydrogens is 308 g/mol. The Kier molecular flexibility index (Phi) is 3.35. The quantitative estimate of drug-likeness (QED) is 0.716. The van der Waals surface area contributed by atoms with Crippen LogP contribution in [0.3, 0.4) is 0 Å². The molecule has 0 aliphatic carbocycles. The molecule has 3 heterocycles. The summed E-state index contributed by atoms with van der Waals surface area (Å²) >= 11 is 1.66. The van der Waals surface area contributed by atoms with E-state index in [1.54, 1.807) is 23.5 Å². The number of thiazole rings is 1. The normalized spacial score (nSPS) is 14.3. The highest BCUT2D eigenvalue weighted by atomic mass is 32.1. The molecule has 23 heavy (non-hydrogen) atoms. The highest BCUT2D eigenvalue weighted by Crippen LogP contribution is 2.27. The maximum absolute atomic E-state index is 12.2. The fourth-order valence-electron chi connectivity index (χ4n) is 2.54. The van der Waals surface area contributed by atoms with Gasteiger partial charge in [0.1, 0.15) is 11.3 Å². The summed E-state index contributed by atoms with van der Waals surface area (Å²) in [6, 6.07) is 8.86. The third-order valence-electron chi connectivity index (χ3n) is 3.72. The minimum absolute atomic E-state index is 0.0193. The molecule has 3 aromatic rings. The zero-order chi connectivity index (χ0) is 15.8. The maximum Gasteiger partial charge on any atom is 0.193 e. The first-order valence-electron chi connectivity index (χ1n) is 7.31. The van der Waals surface area contributed by atoms with Crippen LogP contribution in [0.5, 0.6) is 0 Å². The lowest BCUT2D eigenvalue weighted by Gasteiger charge is -2.19. The first kappa shape index (κ1) is 14.0. The van der Waals surface area contributed by atoms with Gasteiger partial charge in [-0.2, -0.15) is 0 Å². The molecule has 0 N–H and O–H groups in total. The molecule has 0 atom stereocenters. The molecule has 0 bridgehead atoms. The molecule has 1 aliphatic rings. The van der Waals surface area contributed by atoms with Gasteiger partial charge in [-0.3, -0.25) is 4.79 Å². The molecule has 4 rings (SSSR count). The Hall–Kier alpha value is -2.66. The van der Waals surface area contributed by atoms with Gasteiger partial charge in [-0.05, 0) is 25.1 Å². The van der Waals surface area contributed by atoms with Gasteiger partial charge in [0.15, 0.2) is 10.6 Å². The molecule has 0 unspecified atom stereocenters. The second-order valence-electron chi connectivity index (χ2n) is 5.35. The van der Waals surface area contributed by atoms with E-state index in [2.05, 4.69) is 9.88 Å². The second kappa shape index (κ2) is 5.52. The average Bonchev–Trinajstić information content (AvgIpc) is 3.01. The number of para-hydroxylation sites is 1. The summed E-state index contributed by atoms with van der Waals surface area (Å²) in [6.45, 7) is 2.75. The minimum Gasteiger partial charge on any atom is -0.456 e. The molecule has 5 heteroatoms. The first-order chi connectivity index (χ1) is 11.2. The van der Waals surface area contributed by atoms with Crippen molar-refractivity contribution in [1.82, 2.24) is 4.98 Å². The van der Waals surface area contributed by atoms with Gasteiger partial charge in [0.25, 0.3) is 0 Å². The van der Waals surface area contributed by atoms with E-state index in [0.29, 0.717) is 23.3 Å². The van der Waals surface area contributed by atoms with Crippen LogP contribution in [0.15, 0.2) is 64.1 Å². The lowest BCUT2D eigenvalue weighted by atomic mass is 10.1. The number of hydrogen-bond donors (Lipinski definition) is 0. The van der Waals surface area contributed by atoms with Gasteiger partial charge in [-0.25, -0.2) is 4.98 Å². The number of anilines is 1. The number of aromatic nitrogens is 1. The van der Waals surface area contributed by atoms with Crippen molar-refractivity contribution < 1.29 is 4.42 Å². The van der Waals surface area contributed by atoms with Gasteiger partial charge in [0, 0.05) is 35.5 Å². The standard InChI is InChI=1S/C18H14N2O2S/c1-12-11-19-18(23-12)20-8-6-13(7-9-20)17-10-15(21)14-4-2-3-5-16(14)22-17/h2-8,10-11H,9H2,1H3. The monoisotopic (exact) mass is 322 g/mol. The summed E-state index contributed by atoms with van der Waals surface area (Å²) in [5, 5.41) is 1.57. The molecule has 2 aromatic heterocycles. The number of fused-ring (bicyclic) bond motifs is 1. The number of aryl methyl sites for hydroxylation is 1. The SMILES string of the molecule is Cc1cnc(N2C=CC(c3cc(=O)c4ccccc4o3)=CC2)s1. The van der Waals surface area contributed by atoms with E-state index < -0.39 is 0 Å². The summed E-state index contributed by atoms with van der Waals surface area (Å²) in [7, 11) is 0. The molecule has 0 amide bonds. The van der Waals surface area contributed by atoms with Gasteiger partial charge in [-0.1, -0.05) is 18.2 Å². The van der Waals surface area contributed by atoms with Crippen molar-refractivity contribution in [3.63, 3.8) is 0 Å². The van der Waals surface area contributed by atoms with Crippen LogP contribution in [-0.2, 0) is 0 Å². The number of nitrogens with zero attached hydrogens (tertiary/aromatic N) is 2. The van der Waals surface area contributed by atoms with Crippen LogP contribution in [-0.4, -0.2) is 11.5 Å². The van der Waals surface area contributed by atoms with Crippen molar-refractivity contribution in [2.45, 2.75) is 6.92 Å². The molecular formula is C18H14N2O2S. The van der Waals surface area contributed by atoms with Crippen LogP contribution >= 0.6 is 11.3 Å². The summed E-state index contributed by atoms with van der Waals surface area (Å²) in [5.74, 6) is 0.597. The van der Waals surface area contributed by atoms with Crippen LogP contribution < -0.4 is 10.3 Å². The summed E-state index contributed by atoms with van der Waals surface area (Å²) < 4.78 is 5.88. The Balaban J connectivity index is 1.66. The number of hydrogen-bond acceptors (Lipinski definition) is 5. The lowest BCUT2D eigenvalue weighted by molar-refractivity contribution is 0.587. The summed E-state index contributed by atoms with van der Waals surface area (Å²) in [4.78, 5) is 19.8. The van der Waals surface area contributed by atoms with E-state index in [9.17, 15) is 4.79 Å². The summed E-state index contributed by atoms with van der Waals surface area (Å²) in [5.41, 5.74) is 1.51.